The van der Waals surface area contributed by atoms with E-state index in [0.717, 1.165) is 46.4 Å². The van der Waals surface area contributed by atoms with Crippen molar-refractivity contribution in [1.29, 1.82) is 0 Å². The fourth-order valence-corrected chi connectivity index (χ4v) is 6.42. The quantitative estimate of drug-likeness (QED) is 0.219. The number of carboxylic acids is 1. The maximum atomic E-state index is 11.5. The third-order valence-corrected chi connectivity index (χ3v) is 8.66. The SMILES string of the molecule is Cc1cc(C(=O)O)cc([C@H]2C[C@](O)(c3ccc(OCc4c(-c5c(C)cccc5Cl)noc4C4CC4)cc3Cl)C2)c1. The highest BCUT2D eigenvalue weighted by molar-refractivity contribution is 6.33. The zero-order chi connectivity index (χ0) is 28.2. The second-order valence-corrected chi connectivity index (χ2v) is 11.9. The monoisotopic (exact) mass is 577 g/mol. The van der Waals surface area contributed by atoms with Gasteiger partial charge in [-0.1, -0.05) is 52.6 Å². The summed E-state index contributed by atoms with van der Waals surface area (Å²) in [5, 5.41) is 26.2. The lowest BCUT2D eigenvalue weighted by Gasteiger charge is -2.45. The Morgan fingerprint density at radius 2 is 1.82 bits per heavy atom. The van der Waals surface area contributed by atoms with Crippen LogP contribution in [0.1, 0.15) is 81.5 Å². The van der Waals surface area contributed by atoms with Crippen LogP contribution in [0.25, 0.3) is 11.3 Å². The topological polar surface area (TPSA) is 92.8 Å². The van der Waals surface area contributed by atoms with Gasteiger partial charge in [-0.3, -0.25) is 0 Å². The van der Waals surface area contributed by atoms with Crippen LogP contribution in [-0.4, -0.2) is 21.3 Å². The van der Waals surface area contributed by atoms with Crippen molar-refractivity contribution in [2.75, 3.05) is 0 Å². The van der Waals surface area contributed by atoms with Crippen molar-refractivity contribution in [1.82, 2.24) is 5.16 Å². The lowest BCUT2D eigenvalue weighted by atomic mass is 9.64. The number of rotatable bonds is 8. The summed E-state index contributed by atoms with van der Waals surface area (Å²) in [6.07, 6.45) is 3.04. The average Bonchev–Trinajstić information content (AvgIpc) is 3.65. The molecule has 4 aromatic rings. The molecule has 8 heteroatoms. The fourth-order valence-electron chi connectivity index (χ4n) is 5.76. The molecule has 6 rings (SSSR count). The van der Waals surface area contributed by atoms with E-state index in [-0.39, 0.29) is 18.1 Å². The summed E-state index contributed by atoms with van der Waals surface area (Å²) < 4.78 is 12.0. The molecule has 0 atom stereocenters. The van der Waals surface area contributed by atoms with E-state index in [2.05, 4.69) is 5.16 Å². The van der Waals surface area contributed by atoms with E-state index < -0.39 is 11.6 Å². The summed E-state index contributed by atoms with van der Waals surface area (Å²) in [6.45, 7) is 4.12. The van der Waals surface area contributed by atoms with E-state index in [1.807, 2.05) is 44.2 Å². The lowest BCUT2D eigenvalue weighted by Crippen LogP contribution is -2.40. The summed E-state index contributed by atoms with van der Waals surface area (Å²) in [6, 6.07) is 16.4. The number of benzene rings is 3. The summed E-state index contributed by atoms with van der Waals surface area (Å²) >= 11 is 13.2. The number of aromatic carboxylic acids is 1. The van der Waals surface area contributed by atoms with E-state index in [4.69, 9.17) is 32.5 Å². The predicted molar refractivity (Wildman–Crippen MR) is 153 cm³/mol. The minimum Gasteiger partial charge on any atom is -0.489 e. The summed E-state index contributed by atoms with van der Waals surface area (Å²) in [5.41, 5.74) is 5.05. The van der Waals surface area contributed by atoms with Gasteiger partial charge in [0.2, 0.25) is 0 Å². The number of aromatic nitrogens is 1. The molecule has 0 aliphatic heterocycles. The van der Waals surface area contributed by atoms with E-state index in [1.165, 1.54) is 0 Å². The van der Waals surface area contributed by atoms with Gasteiger partial charge in [0.15, 0.2) is 0 Å². The van der Waals surface area contributed by atoms with Crippen molar-refractivity contribution < 1.29 is 24.3 Å². The van der Waals surface area contributed by atoms with Crippen LogP contribution in [0.15, 0.2) is 59.1 Å². The van der Waals surface area contributed by atoms with Crippen LogP contribution in [0, 0.1) is 13.8 Å². The van der Waals surface area contributed by atoms with Crippen LogP contribution < -0.4 is 4.74 Å². The van der Waals surface area contributed by atoms with E-state index >= 15 is 0 Å². The Hall–Kier alpha value is -3.32. The van der Waals surface area contributed by atoms with E-state index in [1.54, 1.807) is 24.3 Å². The van der Waals surface area contributed by atoms with Crippen molar-refractivity contribution in [3.63, 3.8) is 0 Å². The second-order valence-electron chi connectivity index (χ2n) is 11.1. The maximum absolute atomic E-state index is 11.5. The largest absolute Gasteiger partial charge is 0.489 e. The predicted octanol–water partition coefficient (Wildman–Crippen LogP) is 8.19. The standard InChI is InChI=1S/C32H29Cl2NO5/c1-17-10-20(12-21(11-17)31(36)37)22-14-32(38,15-22)25-9-8-23(13-27(25)34)39-16-24-29(35-40-30(24)19-6-7-19)28-18(2)4-3-5-26(28)33/h3-5,8-13,19,22,38H,6-7,14-16H2,1-2H3,(H,36,37)/t22-,32+. The van der Waals surface area contributed by atoms with Crippen LogP contribution >= 0.6 is 23.2 Å². The highest BCUT2D eigenvalue weighted by atomic mass is 35.5. The van der Waals surface area contributed by atoms with Gasteiger partial charge in [-0.25, -0.2) is 4.79 Å². The van der Waals surface area contributed by atoms with Crippen molar-refractivity contribution >= 4 is 29.2 Å². The molecule has 0 unspecified atom stereocenters. The molecule has 2 aliphatic rings. The van der Waals surface area contributed by atoms with Crippen LogP contribution in [-0.2, 0) is 12.2 Å². The van der Waals surface area contributed by atoms with E-state index in [0.29, 0.717) is 45.8 Å². The molecule has 40 heavy (non-hydrogen) atoms. The number of aliphatic hydroxyl groups is 1. The van der Waals surface area contributed by atoms with Gasteiger partial charge in [0, 0.05) is 17.0 Å². The molecule has 0 spiro atoms. The maximum Gasteiger partial charge on any atom is 0.335 e. The van der Waals surface area contributed by atoms with Gasteiger partial charge in [0.25, 0.3) is 0 Å². The average molecular weight is 578 g/mol. The Labute approximate surface area is 242 Å². The molecule has 2 aliphatic carbocycles. The molecule has 2 saturated carbocycles. The molecular weight excluding hydrogens is 549 g/mol. The normalized spacial score (nSPS) is 20.3. The number of hydrogen-bond acceptors (Lipinski definition) is 5. The molecule has 0 saturated heterocycles. The number of aryl methyl sites for hydroxylation is 2. The van der Waals surface area contributed by atoms with Gasteiger partial charge in [0.05, 0.1) is 26.8 Å². The third kappa shape index (κ3) is 5.00. The molecule has 6 nitrogen and oxygen atoms in total. The van der Waals surface area contributed by atoms with Crippen LogP contribution in [0.4, 0.5) is 0 Å². The minimum absolute atomic E-state index is 0.0520. The van der Waals surface area contributed by atoms with Crippen molar-refractivity contribution in [2.24, 2.45) is 0 Å². The Morgan fingerprint density at radius 1 is 1.05 bits per heavy atom. The Balaban J connectivity index is 1.19. The number of nitrogens with zero attached hydrogens (tertiary/aromatic N) is 1. The summed E-state index contributed by atoms with van der Waals surface area (Å²) in [5.74, 6) is 0.852. The highest BCUT2D eigenvalue weighted by Crippen LogP contribution is 2.53. The lowest BCUT2D eigenvalue weighted by molar-refractivity contribution is -0.0549. The minimum atomic E-state index is -1.09. The van der Waals surface area contributed by atoms with Crippen molar-refractivity contribution in [3.05, 3.63) is 104 Å². The first-order valence-corrected chi connectivity index (χ1v) is 14.1. The Kier molecular flexibility index (Phi) is 6.89. The Bertz CT molecular complexity index is 1600. The van der Waals surface area contributed by atoms with Gasteiger partial charge >= 0.3 is 5.97 Å². The molecule has 0 amide bonds. The molecule has 0 bridgehead atoms. The van der Waals surface area contributed by atoms with Crippen LogP contribution in [0.3, 0.4) is 0 Å². The first-order valence-electron chi connectivity index (χ1n) is 13.4. The molecule has 2 fully saturated rings. The second kappa shape index (κ2) is 10.3. The number of carbonyl (C=O) groups is 1. The molecule has 1 heterocycles. The molecular formula is C32H29Cl2NO5. The summed E-state index contributed by atoms with van der Waals surface area (Å²) in [7, 11) is 0. The highest BCUT2D eigenvalue weighted by Gasteiger charge is 2.46. The van der Waals surface area contributed by atoms with Gasteiger partial charge < -0.3 is 19.5 Å². The van der Waals surface area contributed by atoms with Crippen molar-refractivity contribution in [3.8, 4) is 17.0 Å². The van der Waals surface area contributed by atoms with Crippen molar-refractivity contribution in [2.45, 2.75) is 63.6 Å². The van der Waals surface area contributed by atoms with Gasteiger partial charge in [-0.15, -0.1) is 0 Å². The number of carboxylic acid groups (broad SMARTS) is 1. The molecule has 2 N–H and O–H groups in total. The zero-order valence-electron chi connectivity index (χ0n) is 22.2. The van der Waals surface area contributed by atoms with Gasteiger partial charge in [-0.2, -0.15) is 0 Å². The van der Waals surface area contributed by atoms with Gasteiger partial charge in [0.1, 0.15) is 23.8 Å². The molecule has 1 aromatic heterocycles. The van der Waals surface area contributed by atoms with E-state index in [9.17, 15) is 15.0 Å². The third-order valence-electron chi connectivity index (χ3n) is 8.04. The zero-order valence-corrected chi connectivity index (χ0v) is 23.7. The van der Waals surface area contributed by atoms with Crippen LogP contribution in [0.2, 0.25) is 10.0 Å². The Morgan fingerprint density at radius 3 is 2.50 bits per heavy atom. The first-order chi connectivity index (χ1) is 19.1. The molecule has 206 valence electrons. The summed E-state index contributed by atoms with van der Waals surface area (Å²) in [4.78, 5) is 11.5. The smallest absolute Gasteiger partial charge is 0.335 e. The molecule has 0 radical (unpaired) electrons. The van der Waals surface area contributed by atoms with Crippen LogP contribution in [0.5, 0.6) is 5.75 Å². The first kappa shape index (κ1) is 26.9. The fraction of sp³-hybridized carbons (Fsp3) is 0.312. The molecule has 3 aromatic carbocycles. The number of ether oxygens (including phenoxy) is 1. The van der Waals surface area contributed by atoms with Gasteiger partial charge in [-0.05, 0) is 92.5 Å². The number of halogens is 2. The number of hydrogen-bond donors (Lipinski definition) is 2.